The van der Waals surface area contributed by atoms with Crippen molar-refractivity contribution in [3.8, 4) is 0 Å². The molecule has 3 amide bonds. The lowest BCUT2D eigenvalue weighted by Crippen LogP contribution is -2.53. The molecule has 31 heavy (non-hydrogen) atoms. The van der Waals surface area contributed by atoms with Crippen LogP contribution in [0, 0.1) is 6.92 Å². The van der Waals surface area contributed by atoms with Crippen molar-refractivity contribution in [2.24, 2.45) is 0 Å². The van der Waals surface area contributed by atoms with Crippen molar-refractivity contribution in [2.75, 3.05) is 13.1 Å². The molecule has 1 heterocycles. The zero-order chi connectivity index (χ0) is 22.4. The first-order valence-corrected chi connectivity index (χ1v) is 10.9. The first kappa shape index (κ1) is 22.8. The average Bonchev–Trinajstić information content (AvgIpc) is 2.73. The van der Waals surface area contributed by atoms with Crippen LogP contribution in [0.3, 0.4) is 0 Å². The molecule has 2 aromatic carbocycles. The molecule has 0 spiro atoms. The van der Waals surface area contributed by atoms with Crippen LogP contribution in [-0.4, -0.2) is 47.8 Å². The maximum absolute atomic E-state index is 12.9. The van der Waals surface area contributed by atoms with Crippen LogP contribution in [0.5, 0.6) is 0 Å². The lowest BCUT2D eigenvalue weighted by molar-refractivity contribution is -0.128. The number of nitrogens with one attached hydrogen (secondary N) is 2. The van der Waals surface area contributed by atoms with E-state index in [0.717, 1.165) is 11.1 Å². The summed E-state index contributed by atoms with van der Waals surface area (Å²) in [6.07, 6.45) is 1.77. The molecule has 3 rings (SSSR count). The van der Waals surface area contributed by atoms with Crippen LogP contribution in [-0.2, 0) is 16.0 Å². The first-order chi connectivity index (χ1) is 14.8. The largest absolute Gasteiger partial charge is 0.351 e. The van der Waals surface area contributed by atoms with Crippen LogP contribution in [0.4, 0.5) is 0 Å². The summed E-state index contributed by atoms with van der Waals surface area (Å²) in [6, 6.07) is 14.1. The van der Waals surface area contributed by atoms with Gasteiger partial charge in [-0.25, -0.2) is 0 Å². The Morgan fingerprint density at radius 2 is 1.77 bits per heavy atom. The van der Waals surface area contributed by atoms with Gasteiger partial charge in [-0.3, -0.25) is 14.4 Å². The zero-order valence-electron chi connectivity index (χ0n) is 17.9. The van der Waals surface area contributed by atoms with Gasteiger partial charge in [0.1, 0.15) is 6.04 Å². The highest BCUT2D eigenvalue weighted by molar-refractivity contribution is 6.30. The van der Waals surface area contributed by atoms with Crippen molar-refractivity contribution in [2.45, 2.75) is 45.2 Å². The van der Waals surface area contributed by atoms with Gasteiger partial charge in [0.2, 0.25) is 11.8 Å². The minimum atomic E-state index is -0.631. The van der Waals surface area contributed by atoms with Crippen LogP contribution in [0.1, 0.15) is 41.3 Å². The molecule has 7 heteroatoms. The van der Waals surface area contributed by atoms with Gasteiger partial charge in [0.15, 0.2) is 0 Å². The molecule has 1 atom stereocenters. The van der Waals surface area contributed by atoms with E-state index in [4.69, 9.17) is 11.6 Å². The number of carbonyl (C=O) groups is 3. The molecule has 164 valence electrons. The Labute approximate surface area is 188 Å². The number of likely N-dealkylation sites (tertiary alicyclic amines) is 1. The van der Waals surface area contributed by atoms with E-state index in [1.807, 2.05) is 31.2 Å². The predicted octanol–water partition coefficient (Wildman–Crippen LogP) is 3.12. The van der Waals surface area contributed by atoms with E-state index >= 15 is 0 Å². The van der Waals surface area contributed by atoms with E-state index in [-0.39, 0.29) is 23.8 Å². The van der Waals surface area contributed by atoms with E-state index in [1.54, 1.807) is 29.2 Å². The van der Waals surface area contributed by atoms with Gasteiger partial charge in [-0.1, -0.05) is 41.4 Å². The lowest BCUT2D eigenvalue weighted by atomic mass is 10.0. The van der Waals surface area contributed by atoms with Crippen LogP contribution >= 0.6 is 11.6 Å². The Bertz CT molecular complexity index is 937. The molecular weight excluding hydrogens is 414 g/mol. The third-order valence-electron chi connectivity index (χ3n) is 5.44. The molecule has 1 fully saturated rings. The number of halogens is 1. The highest BCUT2D eigenvalue weighted by atomic mass is 35.5. The van der Waals surface area contributed by atoms with Crippen LogP contribution in [0.25, 0.3) is 0 Å². The van der Waals surface area contributed by atoms with Crippen LogP contribution in [0.15, 0.2) is 48.5 Å². The molecule has 1 saturated heterocycles. The summed E-state index contributed by atoms with van der Waals surface area (Å²) in [7, 11) is 0. The summed E-state index contributed by atoms with van der Waals surface area (Å²) < 4.78 is 0. The fourth-order valence-electron chi connectivity index (χ4n) is 3.83. The number of benzene rings is 2. The van der Waals surface area contributed by atoms with Crippen LogP contribution < -0.4 is 10.6 Å². The molecule has 0 saturated carbocycles. The highest BCUT2D eigenvalue weighted by Crippen LogP contribution is 2.16. The number of nitrogens with zero attached hydrogens (tertiary/aromatic N) is 1. The van der Waals surface area contributed by atoms with Crippen molar-refractivity contribution in [1.29, 1.82) is 0 Å². The predicted molar refractivity (Wildman–Crippen MR) is 121 cm³/mol. The summed E-state index contributed by atoms with van der Waals surface area (Å²) in [5, 5.41) is 6.42. The normalized spacial score (nSPS) is 15.3. The number of carbonyl (C=O) groups excluding carboxylic acids is 3. The summed E-state index contributed by atoms with van der Waals surface area (Å²) in [6.45, 7) is 4.54. The van der Waals surface area contributed by atoms with Gasteiger partial charge in [0.25, 0.3) is 5.91 Å². The van der Waals surface area contributed by atoms with Crippen molar-refractivity contribution >= 4 is 29.3 Å². The second-order valence-electron chi connectivity index (χ2n) is 8.03. The third kappa shape index (κ3) is 6.56. The minimum Gasteiger partial charge on any atom is -0.351 e. The Morgan fingerprint density at radius 1 is 1.10 bits per heavy atom. The van der Waals surface area contributed by atoms with Crippen molar-refractivity contribution in [3.05, 3.63) is 70.2 Å². The third-order valence-corrected chi connectivity index (χ3v) is 5.69. The number of aryl methyl sites for hydroxylation is 1. The summed E-state index contributed by atoms with van der Waals surface area (Å²) >= 11 is 5.89. The summed E-state index contributed by atoms with van der Waals surface area (Å²) in [5.41, 5.74) is 2.71. The maximum atomic E-state index is 12.9. The van der Waals surface area contributed by atoms with Gasteiger partial charge in [0, 0.05) is 43.1 Å². The molecule has 2 N–H and O–H groups in total. The summed E-state index contributed by atoms with van der Waals surface area (Å²) in [5.74, 6) is -0.465. The number of hydrogen-bond donors (Lipinski definition) is 2. The van der Waals surface area contributed by atoms with Gasteiger partial charge in [-0.05, 0) is 49.6 Å². The highest BCUT2D eigenvalue weighted by Gasteiger charge is 2.27. The summed E-state index contributed by atoms with van der Waals surface area (Å²) in [4.78, 5) is 39.0. The smallest absolute Gasteiger partial charge is 0.253 e. The number of hydrogen-bond acceptors (Lipinski definition) is 3. The molecule has 1 aliphatic heterocycles. The maximum Gasteiger partial charge on any atom is 0.253 e. The number of piperidine rings is 1. The van der Waals surface area contributed by atoms with Crippen molar-refractivity contribution < 1.29 is 14.4 Å². The fourth-order valence-corrected chi connectivity index (χ4v) is 3.96. The van der Waals surface area contributed by atoms with Gasteiger partial charge >= 0.3 is 0 Å². The molecule has 0 radical (unpaired) electrons. The molecule has 2 aromatic rings. The number of amides is 3. The topological polar surface area (TPSA) is 78.5 Å². The molecule has 6 nitrogen and oxygen atoms in total. The minimum absolute atomic E-state index is 0.0305. The zero-order valence-corrected chi connectivity index (χ0v) is 18.6. The Morgan fingerprint density at radius 3 is 2.39 bits per heavy atom. The van der Waals surface area contributed by atoms with Crippen molar-refractivity contribution in [3.63, 3.8) is 0 Å². The standard InChI is InChI=1S/C24H28ClN3O3/c1-16-4-3-5-18(14-16)15-22(26-17(2)29)23(30)27-21-10-12-28(13-11-21)24(31)19-6-8-20(25)9-7-19/h3-9,14,21-22H,10-13,15H2,1-2H3,(H,26,29)(H,27,30). The SMILES string of the molecule is CC(=O)NC(Cc1cccc(C)c1)C(=O)NC1CCN(C(=O)c2ccc(Cl)cc2)CC1. The Kier molecular flexibility index (Phi) is 7.69. The van der Waals surface area contributed by atoms with Gasteiger partial charge in [-0.2, -0.15) is 0 Å². The monoisotopic (exact) mass is 441 g/mol. The van der Waals surface area contributed by atoms with Gasteiger partial charge in [0.05, 0.1) is 0 Å². The first-order valence-electron chi connectivity index (χ1n) is 10.5. The number of rotatable bonds is 6. The van der Waals surface area contributed by atoms with E-state index < -0.39 is 6.04 Å². The van der Waals surface area contributed by atoms with E-state index in [1.165, 1.54) is 6.92 Å². The quantitative estimate of drug-likeness (QED) is 0.722. The van der Waals surface area contributed by atoms with Gasteiger partial charge in [-0.15, -0.1) is 0 Å². The fraction of sp³-hybridized carbons (Fsp3) is 0.375. The van der Waals surface area contributed by atoms with E-state index in [0.29, 0.717) is 42.9 Å². The van der Waals surface area contributed by atoms with Crippen molar-refractivity contribution in [1.82, 2.24) is 15.5 Å². The van der Waals surface area contributed by atoms with E-state index in [2.05, 4.69) is 10.6 Å². The Balaban J connectivity index is 1.55. The molecule has 0 aromatic heterocycles. The van der Waals surface area contributed by atoms with Crippen LogP contribution in [0.2, 0.25) is 5.02 Å². The molecule has 0 aliphatic carbocycles. The average molecular weight is 442 g/mol. The second-order valence-corrected chi connectivity index (χ2v) is 8.46. The molecule has 0 bridgehead atoms. The molecule has 1 aliphatic rings. The Hall–Kier alpha value is -2.86. The lowest BCUT2D eigenvalue weighted by Gasteiger charge is -2.33. The van der Waals surface area contributed by atoms with Gasteiger partial charge < -0.3 is 15.5 Å². The second kappa shape index (κ2) is 10.4. The van der Waals surface area contributed by atoms with E-state index in [9.17, 15) is 14.4 Å². The molecular formula is C24H28ClN3O3. The molecule has 1 unspecified atom stereocenters.